The molecule has 2 aromatic carbocycles. The van der Waals surface area contributed by atoms with E-state index in [1.807, 2.05) is 0 Å². The molecular formula is C16H13FN2O3. The third-order valence-corrected chi connectivity index (χ3v) is 2.80. The van der Waals surface area contributed by atoms with Crippen molar-refractivity contribution in [1.29, 1.82) is 5.26 Å². The van der Waals surface area contributed by atoms with Gasteiger partial charge in [-0.3, -0.25) is 4.79 Å². The molecule has 0 radical (unpaired) electrons. The minimum Gasteiger partial charge on any atom is -0.497 e. The molecule has 1 N–H and O–H groups in total. The van der Waals surface area contributed by atoms with E-state index in [0.717, 1.165) is 6.07 Å². The minimum atomic E-state index is -0.685. The fourth-order valence-electron chi connectivity index (χ4n) is 1.70. The van der Waals surface area contributed by atoms with E-state index in [0.29, 0.717) is 11.4 Å². The van der Waals surface area contributed by atoms with Crippen LogP contribution in [-0.2, 0) is 4.79 Å². The van der Waals surface area contributed by atoms with Crippen LogP contribution in [0.2, 0.25) is 0 Å². The van der Waals surface area contributed by atoms with Crippen molar-refractivity contribution in [3.8, 4) is 17.6 Å². The van der Waals surface area contributed by atoms with E-state index in [4.69, 9.17) is 14.7 Å². The summed E-state index contributed by atoms with van der Waals surface area (Å²) in [4.78, 5) is 11.7. The third kappa shape index (κ3) is 3.96. The number of nitrogens with zero attached hydrogens (tertiary/aromatic N) is 1. The van der Waals surface area contributed by atoms with E-state index in [-0.39, 0.29) is 23.8 Å². The Labute approximate surface area is 126 Å². The lowest BCUT2D eigenvalue weighted by Crippen LogP contribution is -2.20. The van der Waals surface area contributed by atoms with Crippen LogP contribution in [0.1, 0.15) is 5.56 Å². The van der Waals surface area contributed by atoms with Crippen LogP contribution in [0.15, 0.2) is 42.5 Å². The van der Waals surface area contributed by atoms with E-state index < -0.39 is 5.82 Å². The van der Waals surface area contributed by atoms with Gasteiger partial charge in [-0.25, -0.2) is 4.39 Å². The predicted molar refractivity (Wildman–Crippen MR) is 78.2 cm³/mol. The van der Waals surface area contributed by atoms with Gasteiger partial charge in [0.25, 0.3) is 5.91 Å². The van der Waals surface area contributed by atoms with Gasteiger partial charge >= 0.3 is 0 Å². The number of halogens is 1. The zero-order valence-electron chi connectivity index (χ0n) is 11.8. The molecule has 0 spiro atoms. The number of ether oxygens (including phenoxy) is 2. The summed E-state index contributed by atoms with van der Waals surface area (Å²) in [6.45, 7) is -0.266. The van der Waals surface area contributed by atoms with E-state index in [2.05, 4.69) is 5.32 Å². The number of benzene rings is 2. The predicted octanol–water partition coefficient (Wildman–Crippen LogP) is 2.72. The van der Waals surface area contributed by atoms with Crippen LogP contribution in [0.3, 0.4) is 0 Å². The molecule has 0 aliphatic carbocycles. The van der Waals surface area contributed by atoms with Gasteiger partial charge in [-0.2, -0.15) is 5.26 Å². The second-order valence-electron chi connectivity index (χ2n) is 4.32. The van der Waals surface area contributed by atoms with Gasteiger partial charge in [-0.05, 0) is 36.4 Å². The number of anilines is 1. The molecule has 0 aliphatic rings. The molecule has 0 heterocycles. The molecular weight excluding hydrogens is 287 g/mol. The summed E-state index contributed by atoms with van der Waals surface area (Å²) in [5.41, 5.74) is 0.524. The highest BCUT2D eigenvalue weighted by Crippen LogP contribution is 2.17. The van der Waals surface area contributed by atoms with Crippen LogP contribution in [0, 0.1) is 17.1 Å². The lowest BCUT2D eigenvalue weighted by atomic mass is 10.2. The highest BCUT2D eigenvalue weighted by Gasteiger charge is 2.07. The Balaban J connectivity index is 1.89. The molecule has 0 bridgehead atoms. The summed E-state index contributed by atoms with van der Waals surface area (Å²) in [5.74, 6) is -0.200. The van der Waals surface area contributed by atoms with Crippen LogP contribution in [0.4, 0.5) is 10.1 Å². The number of methoxy groups -OCH3 is 1. The smallest absolute Gasteiger partial charge is 0.262 e. The maximum absolute atomic E-state index is 13.4. The number of nitrogens with one attached hydrogen (secondary N) is 1. The molecule has 0 atom stereocenters. The highest BCUT2D eigenvalue weighted by atomic mass is 19.1. The third-order valence-electron chi connectivity index (χ3n) is 2.80. The molecule has 1 amide bonds. The normalized spacial score (nSPS) is 9.68. The Morgan fingerprint density at radius 2 is 1.91 bits per heavy atom. The van der Waals surface area contributed by atoms with Gasteiger partial charge in [0.1, 0.15) is 23.4 Å². The second kappa shape index (κ2) is 7.09. The molecule has 112 valence electrons. The number of rotatable bonds is 5. The SMILES string of the molecule is COc1ccc(NC(=O)COc2ccc(C#N)c(F)c2)cc1. The topological polar surface area (TPSA) is 71.3 Å². The maximum Gasteiger partial charge on any atom is 0.262 e. The Kier molecular flexibility index (Phi) is 4.94. The van der Waals surface area contributed by atoms with Gasteiger partial charge in [0, 0.05) is 11.8 Å². The van der Waals surface area contributed by atoms with Crippen LogP contribution in [-0.4, -0.2) is 19.6 Å². The summed E-state index contributed by atoms with van der Waals surface area (Å²) in [6, 6.07) is 12.3. The number of hydrogen-bond acceptors (Lipinski definition) is 4. The van der Waals surface area contributed by atoms with Gasteiger partial charge in [0.2, 0.25) is 0 Å². The first-order valence-corrected chi connectivity index (χ1v) is 6.38. The first-order chi connectivity index (χ1) is 10.6. The molecule has 22 heavy (non-hydrogen) atoms. The Bertz CT molecular complexity index is 708. The van der Waals surface area contributed by atoms with Gasteiger partial charge in [-0.1, -0.05) is 0 Å². The van der Waals surface area contributed by atoms with Crippen molar-refractivity contribution in [2.24, 2.45) is 0 Å². The first kappa shape index (κ1) is 15.3. The number of amides is 1. The number of carbonyl (C=O) groups is 1. The van der Waals surface area contributed by atoms with Crippen molar-refractivity contribution in [2.75, 3.05) is 19.0 Å². The summed E-state index contributed by atoms with van der Waals surface area (Å²) in [5, 5.41) is 11.3. The minimum absolute atomic E-state index is 0.0740. The molecule has 0 saturated carbocycles. The average molecular weight is 300 g/mol. The maximum atomic E-state index is 13.4. The molecule has 2 rings (SSSR count). The standard InChI is InChI=1S/C16H13FN2O3/c1-21-13-6-3-12(4-7-13)19-16(20)10-22-14-5-2-11(9-18)15(17)8-14/h2-8H,10H2,1H3,(H,19,20). The van der Waals surface area contributed by atoms with Gasteiger partial charge < -0.3 is 14.8 Å². The Morgan fingerprint density at radius 3 is 2.50 bits per heavy atom. The molecule has 0 aromatic heterocycles. The molecule has 0 aliphatic heterocycles. The summed E-state index contributed by atoms with van der Waals surface area (Å²) in [7, 11) is 1.55. The zero-order chi connectivity index (χ0) is 15.9. The average Bonchev–Trinajstić information content (AvgIpc) is 2.54. The van der Waals surface area contributed by atoms with Crippen molar-refractivity contribution in [3.05, 3.63) is 53.8 Å². The van der Waals surface area contributed by atoms with Gasteiger partial charge in [0.15, 0.2) is 6.61 Å². The summed E-state index contributed by atoms with van der Waals surface area (Å²) < 4.78 is 23.6. The highest BCUT2D eigenvalue weighted by molar-refractivity contribution is 5.91. The van der Waals surface area contributed by atoms with E-state index in [9.17, 15) is 9.18 Å². The van der Waals surface area contributed by atoms with Crippen molar-refractivity contribution >= 4 is 11.6 Å². The van der Waals surface area contributed by atoms with Crippen LogP contribution < -0.4 is 14.8 Å². The molecule has 5 nitrogen and oxygen atoms in total. The van der Waals surface area contributed by atoms with Crippen LogP contribution in [0.5, 0.6) is 11.5 Å². The Morgan fingerprint density at radius 1 is 1.23 bits per heavy atom. The van der Waals surface area contributed by atoms with E-state index >= 15 is 0 Å². The molecule has 6 heteroatoms. The van der Waals surface area contributed by atoms with Gasteiger partial charge in [0.05, 0.1) is 12.7 Å². The zero-order valence-corrected chi connectivity index (χ0v) is 11.8. The second-order valence-corrected chi connectivity index (χ2v) is 4.32. The number of nitriles is 1. The lowest BCUT2D eigenvalue weighted by Gasteiger charge is -2.08. The van der Waals surface area contributed by atoms with E-state index in [1.54, 1.807) is 37.4 Å². The van der Waals surface area contributed by atoms with Crippen molar-refractivity contribution in [3.63, 3.8) is 0 Å². The van der Waals surface area contributed by atoms with Gasteiger partial charge in [-0.15, -0.1) is 0 Å². The van der Waals surface area contributed by atoms with Crippen molar-refractivity contribution in [1.82, 2.24) is 0 Å². The fraction of sp³-hybridized carbons (Fsp3) is 0.125. The first-order valence-electron chi connectivity index (χ1n) is 6.38. The lowest BCUT2D eigenvalue weighted by molar-refractivity contribution is -0.118. The van der Waals surface area contributed by atoms with Crippen molar-refractivity contribution in [2.45, 2.75) is 0 Å². The number of carbonyl (C=O) groups excluding carboxylic acids is 1. The monoisotopic (exact) mass is 300 g/mol. The molecule has 2 aromatic rings. The molecule has 0 saturated heterocycles. The van der Waals surface area contributed by atoms with Crippen molar-refractivity contribution < 1.29 is 18.7 Å². The van der Waals surface area contributed by atoms with Crippen LogP contribution >= 0.6 is 0 Å². The summed E-state index contributed by atoms with van der Waals surface area (Å²) >= 11 is 0. The Hall–Kier alpha value is -3.07. The fourth-order valence-corrected chi connectivity index (χ4v) is 1.70. The largest absolute Gasteiger partial charge is 0.497 e. The van der Waals surface area contributed by atoms with Crippen LogP contribution in [0.25, 0.3) is 0 Å². The van der Waals surface area contributed by atoms with E-state index in [1.165, 1.54) is 12.1 Å². The summed E-state index contributed by atoms with van der Waals surface area (Å²) in [6.07, 6.45) is 0. The quantitative estimate of drug-likeness (QED) is 0.921. The molecule has 0 fully saturated rings. The molecule has 0 unspecified atom stereocenters. The number of hydrogen-bond donors (Lipinski definition) is 1.